The first kappa shape index (κ1) is 20.0. The number of hydrogen-bond donors (Lipinski definition) is 1. The van der Waals surface area contributed by atoms with E-state index in [-0.39, 0.29) is 18.0 Å². The zero-order chi connectivity index (χ0) is 20.8. The molecule has 0 aliphatic heterocycles. The molecule has 1 amide bonds. The van der Waals surface area contributed by atoms with Crippen LogP contribution in [0.5, 0.6) is 0 Å². The van der Waals surface area contributed by atoms with Crippen LogP contribution in [0.1, 0.15) is 29.4 Å². The highest BCUT2D eigenvalue weighted by Crippen LogP contribution is 2.27. The number of amides is 1. The Morgan fingerprint density at radius 2 is 1.86 bits per heavy atom. The van der Waals surface area contributed by atoms with Gasteiger partial charge in [0.05, 0.1) is 17.6 Å². The van der Waals surface area contributed by atoms with Gasteiger partial charge in [-0.25, -0.2) is 5.43 Å². The van der Waals surface area contributed by atoms with Crippen LogP contribution in [-0.2, 0) is 17.6 Å². The molecule has 0 spiro atoms. The van der Waals surface area contributed by atoms with Crippen LogP contribution in [0, 0.1) is 17.0 Å². The van der Waals surface area contributed by atoms with Gasteiger partial charge in [-0.3, -0.25) is 14.9 Å². The van der Waals surface area contributed by atoms with Crippen molar-refractivity contribution in [2.45, 2.75) is 26.7 Å². The van der Waals surface area contributed by atoms with Gasteiger partial charge in [-0.05, 0) is 36.6 Å². The van der Waals surface area contributed by atoms with Crippen molar-refractivity contribution in [3.8, 4) is 11.3 Å². The van der Waals surface area contributed by atoms with Gasteiger partial charge in [0, 0.05) is 17.2 Å². The molecule has 7 nitrogen and oxygen atoms in total. The Morgan fingerprint density at radius 1 is 1.14 bits per heavy atom. The Morgan fingerprint density at radius 3 is 2.55 bits per heavy atom. The van der Waals surface area contributed by atoms with Crippen molar-refractivity contribution >= 4 is 17.8 Å². The summed E-state index contributed by atoms with van der Waals surface area (Å²) in [5, 5.41) is 15.0. The smallest absolute Gasteiger partial charge is 0.273 e. The molecule has 148 valence electrons. The van der Waals surface area contributed by atoms with Gasteiger partial charge in [0.25, 0.3) is 5.69 Å². The van der Waals surface area contributed by atoms with Crippen LogP contribution in [0.4, 0.5) is 5.69 Å². The molecule has 7 heteroatoms. The first-order valence-corrected chi connectivity index (χ1v) is 9.21. The molecule has 0 bridgehead atoms. The zero-order valence-corrected chi connectivity index (χ0v) is 16.2. The van der Waals surface area contributed by atoms with E-state index in [9.17, 15) is 14.9 Å². The normalized spacial score (nSPS) is 11.0. The Kier molecular flexibility index (Phi) is 6.19. The van der Waals surface area contributed by atoms with Crippen LogP contribution in [0.2, 0.25) is 0 Å². The second-order valence-electron chi connectivity index (χ2n) is 6.60. The van der Waals surface area contributed by atoms with Crippen LogP contribution in [0.25, 0.3) is 11.3 Å². The first-order valence-electron chi connectivity index (χ1n) is 9.21. The third kappa shape index (κ3) is 5.16. The number of carbonyl (C=O) groups excluding carboxylic acids is 1. The van der Waals surface area contributed by atoms with Gasteiger partial charge in [-0.15, -0.1) is 0 Å². The van der Waals surface area contributed by atoms with Crippen LogP contribution >= 0.6 is 0 Å². The monoisotopic (exact) mass is 391 g/mol. The Labute approximate surface area is 168 Å². The molecule has 0 aliphatic carbocycles. The molecule has 0 radical (unpaired) electrons. The largest absolute Gasteiger partial charge is 0.455 e. The number of furan rings is 1. The summed E-state index contributed by atoms with van der Waals surface area (Å²) in [6.07, 6.45) is 2.58. The molecule has 0 atom stereocenters. The minimum atomic E-state index is -0.421. The number of rotatable bonds is 7. The fourth-order valence-electron chi connectivity index (χ4n) is 2.82. The van der Waals surface area contributed by atoms with E-state index in [0.29, 0.717) is 22.6 Å². The molecule has 2 aromatic carbocycles. The van der Waals surface area contributed by atoms with Crippen LogP contribution < -0.4 is 5.43 Å². The van der Waals surface area contributed by atoms with Crippen molar-refractivity contribution in [2.75, 3.05) is 0 Å². The molecule has 0 fully saturated rings. The van der Waals surface area contributed by atoms with Crippen molar-refractivity contribution in [1.29, 1.82) is 0 Å². The van der Waals surface area contributed by atoms with E-state index < -0.39 is 4.92 Å². The van der Waals surface area contributed by atoms with Crippen molar-refractivity contribution in [3.05, 3.63) is 87.2 Å². The molecule has 0 saturated carbocycles. The molecule has 1 heterocycles. The number of hydrazone groups is 1. The Bertz CT molecular complexity index is 1050. The van der Waals surface area contributed by atoms with Gasteiger partial charge in [0.2, 0.25) is 5.91 Å². The summed E-state index contributed by atoms with van der Waals surface area (Å²) < 4.78 is 5.65. The minimum Gasteiger partial charge on any atom is -0.455 e. The molecular weight excluding hydrogens is 370 g/mol. The van der Waals surface area contributed by atoms with Gasteiger partial charge in [0.15, 0.2) is 0 Å². The highest BCUT2D eigenvalue weighted by molar-refractivity contribution is 5.82. The summed E-state index contributed by atoms with van der Waals surface area (Å²) >= 11 is 0. The molecule has 29 heavy (non-hydrogen) atoms. The maximum atomic E-state index is 12.0. The fraction of sp³-hybridized carbons (Fsp3) is 0.182. The summed E-state index contributed by atoms with van der Waals surface area (Å²) in [4.78, 5) is 22.7. The molecule has 0 saturated heterocycles. The maximum absolute atomic E-state index is 12.0. The molecular formula is C22H21N3O4. The number of hydrogen-bond acceptors (Lipinski definition) is 5. The molecule has 1 aromatic heterocycles. The van der Waals surface area contributed by atoms with Gasteiger partial charge in [-0.2, -0.15) is 5.10 Å². The topological polar surface area (TPSA) is 97.7 Å². The number of nitro benzene ring substituents is 1. The molecule has 3 aromatic rings. The number of aryl methyl sites for hydroxylation is 2. The lowest BCUT2D eigenvalue weighted by Gasteiger charge is -2.02. The SMILES string of the molecule is CCc1ccc(CC(=O)N/N=C\c2ccc(-c3ccc(C)c([N+](=O)[O-])c3)o2)cc1. The number of nitrogens with zero attached hydrogens (tertiary/aromatic N) is 2. The highest BCUT2D eigenvalue weighted by atomic mass is 16.6. The Balaban J connectivity index is 1.61. The summed E-state index contributed by atoms with van der Waals surface area (Å²) in [5.74, 6) is 0.680. The Hall–Kier alpha value is -3.74. The van der Waals surface area contributed by atoms with E-state index in [2.05, 4.69) is 17.5 Å². The van der Waals surface area contributed by atoms with Gasteiger partial charge in [-0.1, -0.05) is 43.3 Å². The average Bonchev–Trinajstić information content (AvgIpc) is 3.17. The second kappa shape index (κ2) is 8.97. The van der Waals surface area contributed by atoms with E-state index in [1.54, 1.807) is 31.2 Å². The van der Waals surface area contributed by atoms with Crippen LogP contribution in [0.15, 0.2) is 64.1 Å². The van der Waals surface area contributed by atoms with Crippen molar-refractivity contribution in [1.82, 2.24) is 5.43 Å². The summed E-state index contributed by atoms with van der Waals surface area (Å²) in [7, 11) is 0. The second-order valence-corrected chi connectivity index (χ2v) is 6.60. The molecule has 0 unspecified atom stereocenters. The van der Waals surface area contributed by atoms with Crippen LogP contribution in [-0.4, -0.2) is 17.0 Å². The van der Waals surface area contributed by atoms with Crippen LogP contribution in [0.3, 0.4) is 0 Å². The van der Waals surface area contributed by atoms with E-state index >= 15 is 0 Å². The number of carbonyl (C=O) groups is 1. The standard InChI is InChI=1S/C22H21N3O4/c1-3-16-5-7-17(8-6-16)12-22(26)24-23-14-19-10-11-21(29-19)18-9-4-15(2)20(13-18)25(27)28/h4-11,13-14H,3,12H2,1-2H3,(H,24,26)/b23-14-. The average molecular weight is 391 g/mol. The van der Waals surface area contributed by atoms with E-state index in [4.69, 9.17) is 4.42 Å². The lowest BCUT2D eigenvalue weighted by molar-refractivity contribution is -0.385. The number of nitro groups is 1. The van der Waals surface area contributed by atoms with Gasteiger partial charge < -0.3 is 4.42 Å². The summed E-state index contributed by atoms with van der Waals surface area (Å²) in [5.41, 5.74) is 5.82. The van der Waals surface area contributed by atoms with Gasteiger partial charge in [0.1, 0.15) is 11.5 Å². The predicted molar refractivity (Wildman–Crippen MR) is 111 cm³/mol. The first-order chi connectivity index (χ1) is 14.0. The highest BCUT2D eigenvalue weighted by Gasteiger charge is 2.13. The van der Waals surface area contributed by atoms with E-state index in [1.807, 2.05) is 24.3 Å². The third-order valence-corrected chi connectivity index (χ3v) is 4.49. The van der Waals surface area contributed by atoms with Crippen molar-refractivity contribution in [3.63, 3.8) is 0 Å². The minimum absolute atomic E-state index is 0.0355. The number of benzene rings is 2. The quantitative estimate of drug-likeness (QED) is 0.366. The molecule has 0 aliphatic rings. The number of nitrogens with one attached hydrogen (secondary N) is 1. The predicted octanol–water partition coefficient (Wildman–Crippen LogP) is 4.42. The lowest BCUT2D eigenvalue weighted by Crippen LogP contribution is -2.19. The van der Waals surface area contributed by atoms with E-state index in [1.165, 1.54) is 17.8 Å². The fourth-order valence-corrected chi connectivity index (χ4v) is 2.82. The van der Waals surface area contributed by atoms with Gasteiger partial charge >= 0.3 is 0 Å². The lowest BCUT2D eigenvalue weighted by atomic mass is 10.1. The van der Waals surface area contributed by atoms with E-state index in [0.717, 1.165) is 12.0 Å². The van der Waals surface area contributed by atoms with Crippen molar-refractivity contribution < 1.29 is 14.1 Å². The maximum Gasteiger partial charge on any atom is 0.273 e. The van der Waals surface area contributed by atoms with Crippen molar-refractivity contribution in [2.24, 2.45) is 5.10 Å². The summed E-state index contributed by atoms with van der Waals surface area (Å²) in [6, 6.07) is 16.2. The third-order valence-electron chi connectivity index (χ3n) is 4.49. The zero-order valence-electron chi connectivity index (χ0n) is 16.2. The molecule has 1 N–H and O–H groups in total. The summed E-state index contributed by atoms with van der Waals surface area (Å²) in [6.45, 7) is 3.76. The molecule has 3 rings (SSSR count).